The molecule has 3 heterocycles. The van der Waals surface area contributed by atoms with Crippen LogP contribution in [0.1, 0.15) is 11.3 Å². The van der Waals surface area contributed by atoms with Crippen LogP contribution in [0.3, 0.4) is 0 Å². The Morgan fingerprint density at radius 3 is 3.00 bits per heavy atom. The average molecular weight is 281 g/mol. The number of furan rings is 1. The summed E-state index contributed by atoms with van der Waals surface area (Å²) >= 11 is 0. The molecule has 1 aromatic carbocycles. The van der Waals surface area contributed by atoms with Gasteiger partial charge in [-0.25, -0.2) is 9.97 Å². The lowest BCUT2D eigenvalue weighted by Gasteiger charge is -2.19. The number of benzene rings is 1. The van der Waals surface area contributed by atoms with Crippen LogP contribution in [0.15, 0.2) is 34.9 Å². The average Bonchev–Trinajstić information content (AvgIpc) is 2.98. The standard InChI is InChI=1S/C16H15N3O2/c1-17-15-12-8-20-7-6-13(12)18-16(19-15)11-9-21-14-5-3-2-4-10(11)14/h2-5,9H,6-8H2,1H3,(H,17,18,19). The van der Waals surface area contributed by atoms with E-state index in [1.54, 1.807) is 6.26 Å². The van der Waals surface area contributed by atoms with Crippen molar-refractivity contribution in [3.8, 4) is 11.4 Å². The molecule has 0 unspecified atom stereocenters. The molecule has 0 aliphatic carbocycles. The Morgan fingerprint density at radius 1 is 1.19 bits per heavy atom. The van der Waals surface area contributed by atoms with Crippen molar-refractivity contribution < 1.29 is 9.15 Å². The molecule has 1 aliphatic rings. The molecule has 5 heteroatoms. The third-order valence-corrected chi connectivity index (χ3v) is 3.78. The molecule has 0 saturated carbocycles. The maximum atomic E-state index is 5.60. The second-order valence-corrected chi connectivity index (χ2v) is 5.02. The molecule has 1 aliphatic heterocycles. The van der Waals surface area contributed by atoms with Crippen molar-refractivity contribution >= 4 is 16.8 Å². The van der Waals surface area contributed by atoms with E-state index < -0.39 is 0 Å². The Balaban J connectivity index is 1.92. The second kappa shape index (κ2) is 4.86. The molecule has 0 saturated heterocycles. The van der Waals surface area contributed by atoms with Crippen molar-refractivity contribution in [2.24, 2.45) is 0 Å². The van der Waals surface area contributed by atoms with Gasteiger partial charge in [-0.1, -0.05) is 18.2 Å². The normalized spacial score (nSPS) is 14.1. The van der Waals surface area contributed by atoms with E-state index in [1.165, 1.54) is 0 Å². The van der Waals surface area contributed by atoms with Crippen LogP contribution in [-0.4, -0.2) is 23.6 Å². The van der Waals surface area contributed by atoms with Crippen molar-refractivity contribution in [2.45, 2.75) is 13.0 Å². The first-order chi connectivity index (χ1) is 10.4. The molecule has 4 rings (SSSR count). The zero-order valence-electron chi connectivity index (χ0n) is 11.7. The molecule has 0 spiro atoms. The van der Waals surface area contributed by atoms with E-state index in [0.717, 1.165) is 40.0 Å². The Hall–Kier alpha value is -2.40. The Labute approximate surface area is 122 Å². The van der Waals surface area contributed by atoms with Crippen molar-refractivity contribution in [2.75, 3.05) is 19.0 Å². The minimum absolute atomic E-state index is 0.567. The molecule has 0 radical (unpaired) electrons. The van der Waals surface area contributed by atoms with Gasteiger partial charge in [-0.3, -0.25) is 0 Å². The highest BCUT2D eigenvalue weighted by Gasteiger charge is 2.19. The summed E-state index contributed by atoms with van der Waals surface area (Å²) in [7, 11) is 1.87. The van der Waals surface area contributed by atoms with Gasteiger partial charge >= 0.3 is 0 Å². The van der Waals surface area contributed by atoms with Crippen LogP contribution in [-0.2, 0) is 17.8 Å². The van der Waals surface area contributed by atoms with E-state index in [0.29, 0.717) is 19.0 Å². The molecule has 0 atom stereocenters. The van der Waals surface area contributed by atoms with Gasteiger partial charge in [-0.2, -0.15) is 0 Å². The summed E-state index contributed by atoms with van der Waals surface area (Å²) in [6.45, 7) is 1.27. The number of para-hydroxylation sites is 1. The summed E-state index contributed by atoms with van der Waals surface area (Å²) in [6.07, 6.45) is 2.54. The fourth-order valence-corrected chi connectivity index (χ4v) is 2.71. The number of aromatic nitrogens is 2. The molecule has 106 valence electrons. The second-order valence-electron chi connectivity index (χ2n) is 5.02. The zero-order valence-corrected chi connectivity index (χ0v) is 11.7. The van der Waals surface area contributed by atoms with Gasteiger partial charge < -0.3 is 14.5 Å². The molecule has 0 bridgehead atoms. The largest absolute Gasteiger partial charge is 0.464 e. The van der Waals surface area contributed by atoms with Crippen LogP contribution in [0.25, 0.3) is 22.4 Å². The Morgan fingerprint density at radius 2 is 2.10 bits per heavy atom. The summed E-state index contributed by atoms with van der Waals surface area (Å²) in [5.41, 5.74) is 3.89. The number of ether oxygens (including phenoxy) is 1. The van der Waals surface area contributed by atoms with E-state index in [9.17, 15) is 0 Å². The fourth-order valence-electron chi connectivity index (χ4n) is 2.71. The number of hydrogen-bond acceptors (Lipinski definition) is 5. The molecule has 2 aromatic heterocycles. The first kappa shape index (κ1) is 12.3. The van der Waals surface area contributed by atoms with E-state index >= 15 is 0 Å². The number of nitrogens with zero attached hydrogens (tertiary/aromatic N) is 2. The predicted molar refractivity (Wildman–Crippen MR) is 80.1 cm³/mol. The highest BCUT2D eigenvalue weighted by atomic mass is 16.5. The van der Waals surface area contributed by atoms with Gasteiger partial charge in [0.05, 0.1) is 24.5 Å². The Kier molecular flexibility index (Phi) is 2.86. The molecule has 3 aromatic rings. The smallest absolute Gasteiger partial charge is 0.165 e. The minimum Gasteiger partial charge on any atom is -0.464 e. The van der Waals surface area contributed by atoms with Gasteiger partial charge in [0, 0.05) is 24.4 Å². The van der Waals surface area contributed by atoms with Gasteiger partial charge in [0.2, 0.25) is 0 Å². The molecule has 21 heavy (non-hydrogen) atoms. The van der Waals surface area contributed by atoms with Crippen molar-refractivity contribution in [3.63, 3.8) is 0 Å². The molecular weight excluding hydrogens is 266 g/mol. The zero-order chi connectivity index (χ0) is 14.2. The van der Waals surface area contributed by atoms with Gasteiger partial charge in [0.25, 0.3) is 0 Å². The summed E-state index contributed by atoms with van der Waals surface area (Å²) in [4.78, 5) is 9.36. The highest BCUT2D eigenvalue weighted by molar-refractivity contribution is 5.92. The lowest BCUT2D eigenvalue weighted by atomic mass is 10.1. The minimum atomic E-state index is 0.567. The quantitative estimate of drug-likeness (QED) is 0.782. The summed E-state index contributed by atoms with van der Waals surface area (Å²) in [5, 5.41) is 4.18. The van der Waals surface area contributed by atoms with Crippen LogP contribution in [0, 0.1) is 0 Å². The summed E-state index contributed by atoms with van der Waals surface area (Å²) < 4.78 is 11.1. The van der Waals surface area contributed by atoms with Crippen molar-refractivity contribution in [1.29, 1.82) is 0 Å². The Bertz CT molecular complexity index is 793. The van der Waals surface area contributed by atoms with E-state index in [4.69, 9.17) is 14.1 Å². The monoisotopic (exact) mass is 281 g/mol. The van der Waals surface area contributed by atoms with Gasteiger partial charge in [-0.15, -0.1) is 0 Å². The highest BCUT2D eigenvalue weighted by Crippen LogP contribution is 2.31. The molecule has 5 nitrogen and oxygen atoms in total. The molecule has 1 N–H and O–H groups in total. The third kappa shape index (κ3) is 1.97. The SMILES string of the molecule is CNc1nc(-c2coc3ccccc23)nc2c1COCC2. The van der Waals surface area contributed by atoms with Crippen molar-refractivity contribution in [1.82, 2.24) is 9.97 Å². The van der Waals surface area contributed by atoms with Crippen LogP contribution in [0.2, 0.25) is 0 Å². The van der Waals surface area contributed by atoms with E-state index in [2.05, 4.69) is 10.3 Å². The van der Waals surface area contributed by atoms with Gasteiger partial charge in [-0.05, 0) is 6.07 Å². The predicted octanol–water partition coefficient (Wildman–Crippen LogP) is 3.00. The van der Waals surface area contributed by atoms with Crippen LogP contribution in [0.5, 0.6) is 0 Å². The maximum absolute atomic E-state index is 5.60. The van der Waals surface area contributed by atoms with Crippen LogP contribution >= 0.6 is 0 Å². The van der Waals surface area contributed by atoms with Crippen LogP contribution < -0.4 is 5.32 Å². The van der Waals surface area contributed by atoms with Crippen molar-refractivity contribution in [3.05, 3.63) is 41.8 Å². The maximum Gasteiger partial charge on any atom is 0.165 e. The van der Waals surface area contributed by atoms with Crippen LogP contribution in [0.4, 0.5) is 5.82 Å². The third-order valence-electron chi connectivity index (χ3n) is 3.78. The number of hydrogen-bond donors (Lipinski definition) is 1. The molecule has 0 amide bonds. The number of anilines is 1. The number of rotatable bonds is 2. The summed E-state index contributed by atoms with van der Waals surface area (Å²) in [6, 6.07) is 7.93. The first-order valence-electron chi connectivity index (χ1n) is 6.98. The van der Waals surface area contributed by atoms with Gasteiger partial charge in [0.1, 0.15) is 17.7 Å². The molecule has 0 fully saturated rings. The molecular formula is C16H15N3O2. The summed E-state index contributed by atoms with van der Waals surface area (Å²) in [5.74, 6) is 1.53. The van der Waals surface area contributed by atoms with E-state index in [-0.39, 0.29) is 0 Å². The number of fused-ring (bicyclic) bond motifs is 2. The van der Waals surface area contributed by atoms with Gasteiger partial charge in [0.15, 0.2) is 5.82 Å². The fraction of sp³-hybridized carbons (Fsp3) is 0.250. The van der Waals surface area contributed by atoms with E-state index in [1.807, 2.05) is 31.3 Å². The first-order valence-corrected chi connectivity index (χ1v) is 6.98. The number of nitrogens with one attached hydrogen (secondary N) is 1. The topological polar surface area (TPSA) is 60.2 Å². The lowest BCUT2D eigenvalue weighted by molar-refractivity contribution is 0.109. The lowest BCUT2D eigenvalue weighted by Crippen LogP contribution is -2.16.